The van der Waals surface area contributed by atoms with Crippen LogP contribution in [0.3, 0.4) is 0 Å². The lowest BCUT2D eigenvalue weighted by Crippen LogP contribution is -2.54. The van der Waals surface area contributed by atoms with E-state index in [1.807, 2.05) is 28.8 Å². The van der Waals surface area contributed by atoms with Crippen LogP contribution in [0.25, 0.3) is 0 Å². The molecule has 0 radical (unpaired) electrons. The summed E-state index contributed by atoms with van der Waals surface area (Å²) in [6.07, 6.45) is 2.27. The van der Waals surface area contributed by atoms with E-state index in [0.29, 0.717) is 37.7 Å². The first-order valence-electron chi connectivity index (χ1n) is 9.19. The van der Waals surface area contributed by atoms with Gasteiger partial charge in [0.05, 0.1) is 12.1 Å². The summed E-state index contributed by atoms with van der Waals surface area (Å²) in [6, 6.07) is 5.57. The Labute approximate surface area is 159 Å². The molecule has 0 aliphatic carbocycles. The summed E-state index contributed by atoms with van der Waals surface area (Å²) < 4.78 is 2.00. The Kier molecular flexibility index (Phi) is 5.40. The van der Waals surface area contributed by atoms with Crippen molar-refractivity contribution in [3.05, 3.63) is 35.5 Å². The normalized spacial score (nSPS) is 17.3. The number of carbonyl (C=O) groups excluding carboxylic acids is 1. The second kappa shape index (κ2) is 7.74. The second-order valence-electron chi connectivity index (χ2n) is 7.30. The number of aromatic nitrogens is 4. The van der Waals surface area contributed by atoms with Gasteiger partial charge in [0.15, 0.2) is 11.5 Å². The maximum atomic E-state index is 12.7. The number of aryl methyl sites for hydroxylation is 1. The van der Waals surface area contributed by atoms with Gasteiger partial charge >= 0.3 is 0 Å². The number of piperazine rings is 1. The molecule has 3 heterocycles. The molecule has 142 valence electrons. The number of rotatable bonds is 4. The number of imidazole rings is 1. The van der Waals surface area contributed by atoms with Gasteiger partial charge in [-0.3, -0.25) is 4.79 Å². The summed E-state index contributed by atoms with van der Waals surface area (Å²) in [5.41, 5.74) is 1.12. The predicted octanol–water partition coefficient (Wildman–Crippen LogP) is 1.48. The van der Waals surface area contributed by atoms with Crippen LogP contribution in [-0.2, 0) is 18.3 Å². The van der Waals surface area contributed by atoms with Crippen molar-refractivity contribution in [3.63, 3.8) is 0 Å². The Balaban J connectivity index is 1.62. The van der Waals surface area contributed by atoms with Crippen molar-refractivity contribution < 1.29 is 4.79 Å². The fourth-order valence-corrected chi connectivity index (χ4v) is 3.50. The van der Waals surface area contributed by atoms with E-state index in [0.717, 1.165) is 17.3 Å². The van der Waals surface area contributed by atoms with Crippen LogP contribution in [0, 0.1) is 11.3 Å². The summed E-state index contributed by atoms with van der Waals surface area (Å²) in [4.78, 5) is 21.3. The van der Waals surface area contributed by atoms with Gasteiger partial charge in [0.1, 0.15) is 11.9 Å². The van der Waals surface area contributed by atoms with Crippen molar-refractivity contribution in [1.82, 2.24) is 24.6 Å². The molecular weight excluding hydrogens is 342 g/mol. The van der Waals surface area contributed by atoms with Crippen molar-refractivity contribution in [2.75, 3.05) is 24.5 Å². The first-order chi connectivity index (χ1) is 12.9. The number of hydrogen-bond acceptors (Lipinski definition) is 6. The average molecular weight is 367 g/mol. The van der Waals surface area contributed by atoms with Gasteiger partial charge in [-0.1, -0.05) is 13.8 Å². The van der Waals surface area contributed by atoms with Crippen LogP contribution in [0.2, 0.25) is 0 Å². The highest BCUT2D eigenvalue weighted by Gasteiger charge is 2.28. The van der Waals surface area contributed by atoms with Crippen molar-refractivity contribution in [1.29, 1.82) is 5.26 Å². The molecule has 1 aliphatic rings. The fraction of sp³-hybridized carbons (Fsp3) is 0.526. The second-order valence-corrected chi connectivity index (χ2v) is 7.30. The van der Waals surface area contributed by atoms with Gasteiger partial charge < -0.3 is 14.4 Å². The van der Waals surface area contributed by atoms with E-state index >= 15 is 0 Å². The molecule has 0 saturated carbocycles. The highest BCUT2D eigenvalue weighted by Crippen LogP contribution is 2.19. The van der Waals surface area contributed by atoms with Crippen molar-refractivity contribution in [2.45, 2.75) is 39.2 Å². The Morgan fingerprint density at radius 2 is 2.11 bits per heavy atom. The summed E-state index contributed by atoms with van der Waals surface area (Å²) in [5.74, 6) is 2.16. The molecule has 0 unspecified atom stereocenters. The molecule has 0 spiro atoms. The van der Waals surface area contributed by atoms with Gasteiger partial charge in [-0.25, -0.2) is 4.98 Å². The number of hydrogen-bond donors (Lipinski definition) is 0. The smallest absolute Gasteiger partial charge is 0.228 e. The molecule has 0 aromatic carbocycles. The number of nitriles is 1. The lowest BCUT2D eigenvalue weighted by molar-refractivity contribution is -0.131. The molecule has 0 bridgehead atoms. The molecule has 1 fully saturated rings. The van der Waals surface area contributed by atoms with Crippen LogP contribution >= 0.6 is 0 Å². The summed E-state index contributed by atoms with van der Waals surface area (Å²) >= 11 is 0. The van der Waals surface area contributed by atoms with Gasteiger partial charge in [0.2, 0.25) is 5.91 Å². The molecule has 1 saturated heterocycles. The summed E-state index contributed by atoms with van der Waals surface area (Å²) in [7, 11) is 1.97. The third-order valence-corrected chi connectivity index (χ3v) is 4.85. The van der Waals surface area contributed by atoms with Gasteiger partial charge in [0, 0.05) is 44.8 Å². The Bertz CT molecular complexity index is 850. The van der Waals surface area contributed by atoms with Crippen molar-refractivity contribution in [2.24, 2.45) is 7.05 Å². The monoisotopic (exact) mass is 367 g/mol. The largest absolute Gasteiger partial charge is 0.349 e. The zero-order chi connectivity index (χ0) is 19.6. The number of amides is 1. The number of anilines is 1. The Morgan fingerprint density at radius 3 is 2.67 bits per heavy atom. The first kappa shape index (κ1) is 18.8. The van der Waals surface area contributed by atoms with E-state index in [2.05, 4.69) is 40.9 Å². The van der Waals surface area contributed by atoms with Crippen molar-refractivity contribution >= 4 is 11.7 Å². The fourth-order valence-electron chi connectivity index (χ4n) is 3.50. The lowest BCUT2D eigenvalue weighted by Gasteiger charge is -2.40. The van der Waals surface area contributed by atoms with Gasteiger partial charge in [0.25, 0.3) is 0 Å². The highest BCUT2D eigenvalue weighted by atomic mass is 16.2. The van der Waals surface area contributed by atoms with E-state index in [9.17, 15) is 4.79 Å². The van der Waals surface area contributed by atoms with Gasteiger partial charge in [-0.2, -0.15) is 5.26 Å². The molecule has 2 aromatic rings. The van der Waals surface area contributed by atoms with Crippen LogP contribution in [0.15, 0.2) is 18.3 Å². The maximum Gasteiger partial charge on any atom is 0.228 e. The van der Waals surface area contributed by atoms with Crippen molar-refractivity contribution in [3.8, 4) is 6.07 Å². The van der Waals surface area contributed by atoms with E-state index in [-0.39, 0.29) is 11.9 Å². The molecule has 2 aromatic heterocycles. The van der Waals surface area contributed by atoms with E-state index in [1.165, 1.54) is 0 Å². The minimum absolute atomic E-state index is 0.0980. The van der Waals surface area contributed by atoms with Gasteiger partial charge in [-0.15, -0.1) is 10.2 Å². The third kappa shape index (κ3) is 4.08. The maximum absolute atomic E-state index is 12.7. The predicted molar refractivity (Wildman–Crippen MR) is 101 cm³/mol. The molecule has 27 heavy (non-hydrogen) atoms. The molecule has 1 amide bonds. The first-order valence-corrected chi connectivity index (χ1v) is 9.19. The van der Waals surface area contributed by atoms with Crippen LogP contribution in [0.4, 0.5) is 5.82 Å². The zero-order valence-electron chi connectivity index (χ0n) is 16.3. The van der Waals surface area contributed by atoms with Crippen LogP contribution in [-0.4, -0.2) is 56.2 Å². The lowest BCUT2D eigenvalue weighted by atomic mass is 10.1. The average Bonchev–Trinajstić information content (AvgIpc) is 3.02. The number of carbonyl (C=O) groups is 1. The molecule has 1 atom stereocenters. The van der Waals surface area contributed by atoms with E-state index in [1.54, 1.807) is 12.1 Å². The Morgan fingerprint density at radius 1 is 1.33 bits per heavy atom. The van der Waals surface area contributed by atoms with Crippen LogP contribution in [0.5, 0.6) is 0 Å². The van der Waals surface area contributed by atoms with E-state index < -0.39 is 0 Å². The van der Waals surface area contributed by atoms with Crippen LogP contribution in [0.1, 0.15) is 43.9 Å². The number of nitrogens with zero attached hydrogens (tertiary/aromatic N) is 7. The SMILES string of the molecule is CC(C)c1nc(CC(=O)N2CCN(c3ccc(C#N)nn3)[C@H](C)C2)cn1C. The van der Waals surface area contributed by atoms with E-state index in [4.69, 9.17) is 5.26 Å². The van der Waals surface area contributed by atoms with Crippen LogP contribution < -0.4 is 4.90 Å². The molecular formula is C19H25N7O. The molecule has 0 N–H and O–H groups in total. The Hall–Kier alpha value is -2.95. The minimum atomic E-state index is 0.0980. The minimum Gasteiger partial charge on any atom is -0.349 e. The molecule has 8 heteroatoms. The third-order valence-electron chi connectivity index (χ3n) is 4.85. The zero-order valence-corrected chi connectivity index (χ0v) is 16.3. The van der Waals surface area contributed by atoms with Gasteiger partial charge in [-0.05, 0) is 19.1 Å². The topological polar surface area (TPSA) is 90.9 Å². The molecule has 1 aliphatic heterocycles. The molecule has 3 rings (SSSR count). The standard InChI is InChI=1S/C19H25N7O/c1-13(2)19-21-16(12-24(19)4)9-18(27)25-7-8-26(14(3)11-25)17-6-5-15(10-20)22-23-17/h5-6,12-14H,7-9,11H2,1-4H3/t14-/m1/s1. The molecule has 8 nitrogen and oxygen atoms in total. The summed E-state index contributed by atoms with van der Waals surface area (Å²) in [6.45, 7) is 8.21. The highest BCUT2D eigenvalue weighted by molar-refractivity contribution is 5.78. The quantitative estimate of drug-likeness (QED) is 0.813. The summed E-state index contributed by atoms with van der Waals surface area (Å²) in [5, 5.41) is 16.9.